The van der Waals surface area contributed by atoms with Gasteiger partial charge in [-0.3, -0.25) is 4.57 Å². The number of hydrogen-bond acceptors (Lipinski definition) is 4. The van der Waals surface area contributed by atoms with Crippen molar-refractivity contribution in [1.29, 1.82) is 0 Å². The number of imidazole rings is 1. The van der Waals surface area contributed by atoms with Gasteiger partial charge in [0.25, 0.3) is 0 Å². The molecular weight excluding hydrogens is 350 g/mol. The zero-order valence-electron chi connectivity index (χ0n) is 14.5. The molecule has 0 amide bonds. The van der Waals surface area contributed by atoms with Gasteiger partial charge in [0.15, 0.2) is 0 Å². The van der Waals surface area contributed by atoms with Crippen LogP contribution in [0.25, 0.3) is 11.0 Å². The first-order valence-electron chi connectivity index (χ1n) is 8.47. The van der Waals surface area contributed by atoms with Crippen molar-refractivity contribution >= 4 is 34.6 Å². The largest absolute Gasteiger partial charge is 0.463 e. The molecule has 0 fully saturated rings. The van der Waals surface area contributed by atoms with E-state index in [0.717, 1.165) is 22.3 Å². The number of ether oxygens (including phenoxy) is 1. The number of rotatable bonds is 3. The molecule has 1 N–H and O–H groups in total. The van der Waals surface area contributed by atoms with Crippen molar-refractivity contribution in [1.82, 2.24) is 9.55 Å². The van der Waals surface area contributed by atoms with Crippen LogP contribution in [0.4, 0.5) is 5.95 Å². The second-order valence-corrected chi connectivity index (χ2v) is 6.57. The van der Waals surface area contributed by atoms with Crippen molar-refractivity contribution in [3.63, 3.8) is 0 Å². The van der Waals surface area contributed by atoms with Gasteiger partial charge in [0.2, 0.25) is 5.95 Å². The van der Waals surface area contributed by atoms with Gasteiger partial charge in [-0.1, -0.05) is 35.9 Å². The second-order valence-electron chi connectivity index (χ2n) is 6.14. The van der Waals surface area contributed by atoms with Crippen molar-refractivity contribution in [3.05, 3.63) is 70.4 Å². The predicted octanol–water partition coefficient (Wildman–Crippen LogP) is 4.54. The van der Waals surface area contributed by atoms with Gasteiger partial charge < -0.3 is 10.1 Å². The Balaban J connectivity index is 1.99. The van der Waals surface area contributed by atoms with E-state index in [1.165, 1.54) is 0 Å². The van der Waals surface area contributed by atoms with E-state index in [1.807, 2.05) is 60.0 Å². The number of esters is 1. The van der Waals surface area contributed by atoms with Crippen LogP contribution >= 0.6 is 11.6 Å². The highest BCUT2D eigenvalue weighted by molar-refractivity contribution is 6.30. The van der Waals surface area contributed by atoms with E-state index in [4.69, 9.17) is 16.3 Å². The van der Waals surface area contributed by atoms with Crippen LogP contribution in [0.2, 0.25) is 5.02 Å². The summed E-state index contributed by atoms with van der Waals surface area (Å²) in [6, 6.07) is 15.0. The molecule has 0 aliphatic carbocycles. The van der Waals surface area contributed by atoms with E-state index in [2.05, 4.69) is 10.3 Å². The first kappa shape index (κ1) is 16.7. The minimum atomic E-state index is -0.364. The third-order valence-electron chi connectivity index (χ3n) is 4.49. The molecule has 1 aliphatic rings. The van der Waals surface area contributed by atoms with E-state index in [-0.39, 0.29) is 12.0 Å². The summed E-state index contributed by atoms with van der Waals surface area (Å²) < 4.78 is 7.36. The number of nitrogens with one attached hydrogen (secondary N) is 1. The number of nitrogens with zero attached hydrogens (tertiary/aromatic N) is 2. The van der Waals surface area contributed by atoms with Crippen LogP contribution < -0.4 is 5.32 Å². The molecule has 4 rings (SSSR count). The van der Waals surface area contributed by atoms with Gasteiger partial charge in [-0.05, 0) is 43.7 Å². The quantitative estimate of drug-likeness (QED) is 0.690. The molecule has 0 unspecified atom stereocenters. The molecule has 3 aromatic rings. The first-order chi connectivity index (χ1) is 12.6. The number of carbonyl (C=O) groups excluding carboxylic acids is 1. The number of aromatic nitrogens is 2. The molecular formula is C20H18ClN3O2. The summed E-state index contributed by atoms with van der Waals surface area (Å²) in [5, 5.41) is 3.87. The maximum atomic E-state index is 12.8. The molecule has 1 atom stereocenters. The topological polar surface area (TPSA) is 56.1 Å². The third-order valence-corrected chi connectivity index (χ3v) is 4.73. The molecule has 0 saturated heterocycles. The fourth-order valence-corrected chi connectivity index (χ4v) is 3.63. The van der Waals surface area contributed by atoms with E-state index in [9.17, 15) is 4.79 Å². The minimum Gasteiger partial charge on any atom is -0.463 e. The number of halogens is 1. The fourth-order valence-electron chi connectivity index (χ4n) is 3.43. The molecule has 1 aromatic heterocycles. The molecule has 0 saturated carbocycles. The smallest absolute Gasteiger partial charge is 0.338 e. The summed E-state index contributed by atoms with van der Waals surface area (Å²) in [6.07, 6.45) is 0. The van der Waals surface area contributed by atoms with Gasteiger partial charge in [0.05, 0.1) is 29.3 Å². The summed E-state index contributed by atoms with van der Waals surface area (Å²) in [5.41, 5.74) is 4.00. The molecule has 0 radical (unpaired) electrons. The summed E-state index contributed by atoms with van der Waals surface area (Å²) in [7, 11) is 0. The lowest BCUT2D eigenvalue weighted by molar-refractivity contribution is -0.139. The van der Waals surface area contributed by atoms with Gasteiger partial charge in [0, 0.05) is 10.7 Å². The standard InChI is InChI=1S/C20H18ClN3O2/c1-3-26-19(25)17-12(2)22-20-23-15-9-4-5-10-16(15)24(20)18(17)13-7-6-8-14(21)11-13/h4-11,18H,3H2,1-2H3,(H,22,23)/t18-/m0/s1. The van der Waals surface area contributed by atoms with Gasteiger partial charge in [-0.25, -0.2) is 9.78 Å². The van der Waals surface area contributed by atoms with Gasteiger partial charge in [0.1, 0.15) is 0 Å². The Bertz CT molecular complexity index is 1040. The third kappa shape index (κ3) is 2.65. The Morgan fingerprint density at radius 1 is 1.27 bits per heavy atom. The monoisotopic (exact) mass is 367 g/mol. The van der Waals surface area contributed by atoms with E-state index < -0.39 is 0 Å². The SMILES string of the molecule is CCOC(=O)C1=C(C)Nc2nc3ccccc3n2[C@H]1c1cccc(Cl)c1. The van der Waals surface area contributed by atoms with Crippen LogP contribution in [0, 0.1) is 0 Å². The maximum Gasteiger partial charge on any atom is 0.338 e. The highest BCUT2D eigenvalue weighted by Gasteiger charge is 2.34. The summed E-state index contributed by atoms with van der Waals surface area (Å²) >= 11 is 6.24. The Kier molecular flexibility index (Phi) is 4.17. The molecule has 0 spiro atoms. The summed E-state index contributed by atoms with van der Waals surface area (Å²) in [5.74, 6) is 0.354. The fraction of sp³-hybridized carbons (Fsp3) is 0.200. The molecule has 2 aromatic carbocycles. The number of fused-ring (bicyclic) bond motifs is 3. The zero-order chi connectivity index (χ0) is 18.3. The molecule has 2 heterocycles. The Morgan fingerprint density at radius 3 is 2.85 bits per heavy atom. The minimum absolute atomic E-state index is 0.315. The average Bonchev–Trinajstić information content (AvgIpc) is 2.98. The average molecular weight is 368 g/mol. The summed E-state index contributed by atoms with van der Waals surface area (Å²) in [4.78, 5) is 17.4. The number of allylic oxidation sites excluding steroid dienone is 1. The van der Waals surface area contributed by atoms with Crippen molar-refractivity contribution < 1.29 is 9.53 Å². The Labute approximate surface area is 156 Å². The van der Waals surface area contributed by atoms with Crippen LogP contribution in [0.15, 0.2) is 59.8 Å². The van der Waals surface area contributed by atoms with Gasteiger partial charge >= 0.3 is 5.97 Å². The van der Waals surface area contributed by atoms with Gasteiger partial charge in [-0.2, -0.15) is 0 Å². The normalized spacial score (nSPS) is 16.3. The lowest BCUT2D eigenvalue weighted by atomic mass is 9.95. The van der Waals surface area contributed by atoms with E-state index in [0.29, 0.717) is 23.2 Å². The predicted molar refractivity (Wildman–Crippen MR) is 102 cm³/mol. The number of benzene rings is 2. The Hall–Kier alpha value is -2.79. The van der Waals surface area contributed by atoms with Gasteiger partial charge in [-0.15, -0.1) is 0 Å². The van der Waals surface area contributed by atoms with Crippen LogP contribution in [0.3, 0.4) is 0 Å². The van der Waals surface area contributed by atoms with E-state index >= 15 is 0 Å². The number of hydrogen-bond donors (Lipinski definition) is 1. The number of para-hydroxylation sites is 2. The zero-order valence-corrected chi connectivity index (χ0v) is 15.2. The highest BCUT2D eigenvalue weighted by atomic mass is 35.5. The highest BCUT2D eigenvalue weighted by Crippen LogP contribution is 2.39. The van der Waals surface area contributed by atoms with Crippen molar-refractivity contribution in [2.45, 2.75) is 19.9 Å². The maximum absolute atomic E-state index is 12.8. The first-order valence-corrected chi connectivity index (χ1v) is 8.85. The Morgan fingerprint density at radius 2 is 2.08 bits per heavy atom. The number of anilines is 1. The lowest BCUT2D eigenvalue weighted by Crippen LogP contribution is -2.29. The van der Waals surface area contributed by atoms with Crippen LogP contribution in [0.1, 0.15) is 25.5 Å². The molecule has 132 valence electrons. The van der Waals surface area contributed by atoms with Crippen molar-refractivity contribution in [2.75, 3.05) is 11.9 Å². The summed E-state index contributed by atoms with van der Waals surface area (Å²) in [6.45, 7) is 3.98. The van der Waals surface area contributed by atoms with Crippen LogP contribution in [-0.2, 0) is 9.53 Å². The van der Waals surface area contributed by atoms with Crippen molar-refractivity contribution in [2.24, 2.45) is 0 Å². The second kappa shape index (κ2) is 6.50. The van der Waals surface area contributed by atoms with E-state index in [1.54, 1.807) is 6.92 Å². The number of carbonyl (C=O) groups is 1. The van der Waals surface area contributed by atoms with Crippen molar-refractivity contribution in [3.8, 4) is 0 Å². The van der Waals surface area contributed by atoms with Crippen LogP contribution in [-0.4, -0.2) is 22.1 Å². The molecule has 6 heteroatoms. The lowest BCUT2D eigenvalue weighted by Gasteiger charge is -2.30. The molecule has 0 bridgehead atoms. The molecule has 1 aliphatic heterocycles. The molecule has 26 heavy (non-hydrogen) atoms. The van der Waals surface area contributed by atoms with Crippen LogP contribution in [0.5, 0.6) is 0 Å². The molecule has 5 nitrogen and oxygen atoms in total.